The third-order valence-electron chi connectivity index (χ3n) is 4.01. The Bertz CT molecular complexity index is 969. The zero-order valence-electron chi connectivity index (χ0n) is 19.9. The minimum atomic E-state index is -4.52. The van der Waals surface area contributed by atoms with Crippen LogP contribution in [-0.2, 0) is 31.8 Å². The van der Waals surface area contributed by atoms with Gasteiger partial charge >= 0.3 is 23.9 Å². The third-order valence-corrected chi connectivity index (χ3v) is 5.93. The fourth-order valence-corrected chi connectivity index (χ4v) is 3.71. The molecule has 2 aromatic rings. The van der Waals surface area contributed by atoms with Crippen LogP contribution < -0.4 is 18.9 Å². The van der Waals surface area contributed by atoms with Gasteiger partial charge in [0.1, 0.15) is 49.4 Å². The monoisotopic (exact) mass is 602 g/mol. The second kappa shape index (κ2) is 16.9. The normalized spacial score (nSPS) is 11.9. The Morgan fingerprint density at radius 3 is 1.03 bits per heavy atom. The van der Waals surface area contributed by atoms with Crippen LogP contribution in [0.1, 0.15) is 0 Å². The summed E-state index contributed by atoms with van der Waals surface area (Å²) in [5.74, 6) is 1.93. The molecule has 0 aliphatic rings. The van der Waals surface area contributed by atoms with Crippen LogP contribution >= 0.6 is 23.9 Å². The van der Waals surface area contributed by atoms with Crippen LogP contribution in [0.3, 0.4) is 0 Å². The molecule has 0 saturated heterocycles. The maximum absolute atomic E-state index is 11.8. The molecule has 0 heterocycles. The van der Waals surface area contributed by atoms with E-state index in [1.54, 1.807) is 48.5 Å². The van der Waals surface area contributed by atoms with Crippen molar-refractivity contribution in [3.05, 3.63) is 48.5 Å². The van der Waals surface area contributed by atoms with Gasteiger partial charge in [-0.3, -0.25) is 13.6 Å². The Morgan fingerprint density at radius 1 is 0.500 bits per heavy atom. The summed E-state index contributed by atoms with van der Waals surface area (Å²) >= 11 is 0. The highest BCUT2D eigenvalue weighted by molar-refractivity contribution is 7.46. The zero-order valence-corrected chi connectivity index (χ0v) is 22.7. The Morgan fingerprint density at radius 2 is 0.763 bits per heavy atom. The number of phosphoric ester groups is 2. The van der Waals surface area contributed by atoms with Crippen molar-refractivity contribution in [2.75, 3.05) is 52.9 Å². The van der Waals surface area contributed by atoms with E-state index in [2.05, 4.69) is 9.05 Å². The quantitative estimate of drug-likeness (QED) is 0.127. The predicted octanol–water partition coefficient (Wildman–Crippen LogP) is 2.54. The van der Waals surface area contributed by atoms with Crippen molar-refractivity contribution >= 4 is 23.9 Å². The van der Waals surface area contributed by atoms with E-state index in [0.29, 0.717) is 23.0 Å². The first-order valence-corrected chi connectivity index (χ1v) is 15.2. The molecule has 15 nitrogen and oxygen atoms in total. The van der Waals surface area contributed by atoms with Gasteiger partial charge in [0, 0.05) is 0 Å². The lowest BCUT2D eigenvalue weighted by Gasteiger charge is -2.10. The summed E-state index contributed by atoms with van der Waals surface area (Å²) in [6, 6.07) is 12.9. The van der Waals surface area contributed by atoms with E-state index in [-0.39, 0.29) is 52.9 Å². The van der Waals surface area contributed by atoms with E-state index in [1.165, 1.54) is 0 Å². The van der Waals surface area contributed by atoms with Crippen molar-refractivity contribution in [1.82, 2.24) is 0 Å². The van der Waals surface area contributed by atoms with Gasteiger partial charge in [0.05, 0.1) is 26.4 Å². The lowest BCUT2D eigenvalue weighted by molar-refractivity contribution is 0.160. The molecule has 38 heavy (non-hydrogen) atoms. The minimum absolute atomic E-state index is 0.0251. The van der Waals surface area contributed by atoms with Crippen molar-refractivity contribution in [3.63, 3.8) is 0 Å². The Labute approximate surface area is 218 Å². The summed E-state index contributed by atoms with van der Waals surface area (Å²) in [5, 5.41) is 0. The molecule has 214 valence electrons. The van der Waals surface area contributed by atoms with E-state index in [1.807, 2.05) is 0 Å². The standard InChI is InChI=1S/C20H29O15P3/c21-36(32-13-9-28-17-1-5-19(6-2-17)30-11-15-34-37(22,23)24)33-14-10-29-18-3-7-20(8-4-18)31-12-16-35-38(25,26)27/h1-8,36H,9-16H2,(H2,22,23,24)(H2,25,26,27). The van der Waals surface area contributed by atoms with Crippen LogP contribution in [-0.4, -0.2) is 72.4 Å². The fourth-order valence-electron chi connectivity index (χ4n) is 2.51. The van der Waals surface area contributed by atoms with Gasteiger partial charge in [-0.1, -0.05) is 0 Å². The smallest absolute Gasteiger partial charge is 0.469 e. The van der Waals surface area contributed by atoms with Gasteiger partial charge in [-0.25, -0.2) is 9.13 Å². The van der Waals surface area contributed by atoms with Gasteiger partial charge in [-0.15, -0.1) is 0 Å². The summed E-state index contributed by atoms with van der Waals surface area (Å²) in [6.45, 7) is -0.323. The highest BCUT2D eigenvalue weighted by atomic mass is 31.2. The number of hydrogen-bond donors (Lipinski definition) is 4. The van der Waals surface area contributed by atoms with Crippen LogP contribution in [0.25, 0.3) is 0 Å². The summed E-state index contributed by atoms with van der Waals surface area (Å²) in [5.41, 5.74) is 0. The molecule has 2 rings (SSSR count). The largest absolute Gasteiger partial charge is 0.491 e. The first kappa shape index (κ1) is 32.2. The molecule has 0 fully saturated rings. The highest BCUT2D eigenvalue weighted by Crippen LogP contribution is 2.36. The van der Waals surface area contributed by atoms with Crippen LogP contribution in [0, 0.1) is 0 Å². The van der Waals surface area contributed by atoms with Crippen LogP contribution in [0.4, 0.5) is 0 Å². The number of hydrogen-bond acceptors (Lipinski definition) is 11. The molecular weight excluding hydrogens is 573 g/mol. The molecule has 0 spiro atoms. The zero-order chi connectivity index (χ0) is 27.9. The summed E-state index contributed by atoms with van der Waals surface area (Å²) in [7, 11) is -11.8. The second-order valence-corrected chi connectivity index (χ2v) is 10.5. The molecule has 4 N–H and O–H groups in total. The first-order chi connectivity index (χ1) is 18.0. The Balaban J connectivity index is 1.50. The average molecular weight is 602 g/mol. The van der Waals surface area contributed by atoms with Gasteiger partial charge in [0.25, 0.3) is 0 Å². The minimum Gasteiger partial charge on any atom is -0.491 e. The fraction of sp³-hybridized carbons (Fsp3) is 0.400. The molecule has 0 bridgehead atoms. The number of rotatable bonds is 20. The number of benzene rings is 2. The first-order valence-electron chi connectivity index (χ1n) is 10.9. The summed E-state index contributed by atoms with van der Waals surface area (Å²) in [6.07, 6.45) is 0. The van der Waals surface area contributed by atoms with Crippen LogP contribution in [0.2, 0.25) is 0 Å². The molecule has 0 atom stereocenters. The Hall–Kier alpha value is -1.99. The molecule has 0 unspecified atom stereocenters. The van der Waals surface area contributed by atoms with Gasteiger partial charge in [-0.05, 0) is 48.5 Å². The number of ether oxygens (including phenoxy) is 4. The Kier molecular flexibility index (Phi) is 14.3. The molecule has 18 heteroatoms. The van der Waals surface area contributed by atoms with Crippen molar-refractivity contribution in [3.8, 4) is 23.0 Å². The van der Waals surface area contributed by atoms with E-state index < -0.39 is 23.9 Å². The van der Waals surface area contributed by atoms with Crippen LogP contribution in [0.15, 0.2) is 48.5 Å². The van der Waals surface area contributed by atoms with E-state index in [9.17, 15) is 13.7 Å². The van der Waals surface area contributed by atoms with Gasteiger partial charge in [-0.2, -0.15) is 0 Å². The van der Waals surface area contributed by atoms with Gasteiger partial charge in [0.15, 0.2) is 0 Å². The molecule has 2 aromatic carbocycles. The SMILES string of the molecule is O=[PH](OCCOc1ccc(OCCOP(=O)(O)O)cc1)OCCOc1ccc(OCCOP(=O)(O)O)cc1. The van der Waals surface area contributed by atoms with Crippen LogP contribution in [0.5, 0.6) is 23.0 Å². The highest BCUT2D eigenvalue weighted by Gasteiger charge is 2.13. The third kappa shape index (κ3) is 16.1. The summed E-state index contributed by atoms with van der Waals surface area (Å²) < 4.78 is 73.1. The lowest BCUT2D eigenvalue weighted by Crippen LogP contribution is -2.07. The molecular formula is C20H29O15P3. The van der Waals surface area contributed by atoms with Crippen molar-refractivity contribution in [1.29, 1.82) is 0 Å². The van der Waals surface area contributed by atoms with Gasteiger partial charge in [0.2, 0.25) is 0 Å². The van der Waals surface area contributed by atoms with E-state index in [4.69, 9.17) is 47.6 Å². The molecule has 0 aliphatic carbocycles. The summed E-state index contributed by atoms with van der Waals surface area (Å²) in [4.78, 5) is 34.4. The number of phosphoric acid groups is 2. The predicted molar refractivity (Wildman–Crippen MR) is 132 cm³/mol. The molecule has 0 aromatic heterocycles. The topological polar surface area (TPSA) is 206 Å². The average Bonchev–Trinajstić information content (AvgIpc) is 2.85. The molecule has 0 aliphatic heterocycles. The maximum atomic E-state index is 11.8. The van der Waals surface area contributed by atoms with Crippen molar-refractivity contribution in [2.45, 2.75) is 0 Å². The van der Waals surface area contributed by atoms with Crippen molar-refractivity contribution in [2.24, 2.45) is 0 Å². The van der Waals surface area contributed by atoms with Crippen molar-refractivity contribution < 1.29 is 70.3 Å². The maximum Gasteiger partial charge on any atom is 0.469 e. The van der Waals surface area contributed by atoms with Gasteiger partial charge < -0.3 is 47.6 Å². The van der Waals surface area contributed by atoms with E-state index >= 15 is 0 Å². The van der Waals surface area contributed by atoms with E-state index in [0.717, 1.165) is 0 Å². The second-order valence-electron chi connectivity index (χ2n) is 6.93. The lowest BCUT2D eigenvalue weighted by atomic mass is 10.3. The molecule has 0 radical (unpaired) electrons. The molecule has 0 amide bonds. The molecule has 0 saturated carbocycles.